The van der Waals surface area contributed by atoms with Crippen molar-refractivity contribution in [2.75, 3.05) is 25.2 Å². The largest absolute Gasteiger partial charge is 0.497 e. The molecule has 9 heteroatoms. The van der Waals surface area contributed by atoms with E-state index in [1.165, 1.54) is 0 Å². The van der Waals surface area contributed by atoms with Crippen molar-refractivity contribution in [3.8, 4) is 11.5 Å². The fraction of sp³-hybridized carbons (Fsp3) is 0.467. The number of carbonyl (C=O) groups excluding carboxylic acids is 2. The minimum absolute atomic E-state index is 0.0228. The fourth-order valence-electron chi connectivity index (χ4n) is 2.34. The minimum atomic E-state index is -3.01. The summed E-state index contributed by atoms with van der Waals surface area (Å²) in [6.07, 6.45) is 0.545. The van der Waals surface area contributed by atoms with Gasteiger partial charge in [-0.2, -0.15) is 0 Å². The van der Waals surface area contributed by atoms with Crippen LogP contribution in [0.4, 0.5) is 0 Å². The van der Waals surface area contributed by atoms with Crippen LogP contribution in [0, 0.1) is 5.92 Å². The molecule has 2 N–H and O–H groups in total. The van der Waals surface area contributed by atoms with Crippen LogP contribution >= 0.6 is 0 Å². The van der Waals surface area contributed by atoms with E-state index in [0.717, 1.165) is 0 Å². The van der Waals surface area contributed by atoms with Gasteiger partial charge in [0.2, 0.25) is 5.91 Å². The normalized spacial score (nSPS) is 18.6. The lowest BCUT2D eigenvalue weighted by atomic mass is 10.1. The van der Waals surface area contributed by atoms with Crippen molar-refractivity contribution >= 4 is 21.7 Å². The van der Waals surface area contributed by atoms with Crippen molar-refractivity contribution in [1.82, 2.24) is 10.9 Å². The Kier molecular flexibility index (Phi) is 6.02. The number of carbonyl (C=O) groups is 2. The van der Waals surface area contributed by atoms with Gasteiger partial charge in [0.1, 0.15) is 11.5 Å². The van der Waals surface area contributed by atoms with E-state index in [0.29, 0.717) is 17.9 Å². The molecule has 1 saturated heterocycles. The Balaban J connectivity index is 1.66. The van der Waals surface area contributed by atoms with Crippen LogP contribution in [-0.2, 0) is 19.4 Å². The number of nitrogens with one attached hydrogen (secondary N) is 2. The Bertz CT molecular complexity index is 686. The van der Waals surface area contributed by atoms with Gasteiger partial charge in [0.05, 0.1) is 18.6 Å². The molecule has 2 amide bonds. The van der Waals surface area contributed by atoms with E-state index in [-0.39, 0.29) is 30.5 Å². The summed E-state index contributed by atoms with van der Waals surface area (Å²) in [4.78, 5) is 23.3. The highest BCUT2D eigenvalue weighted by molar-refractivity contribution is 7.91. The molecule has 0 bridgehead atoms. The number of benzene rings is 1. The van der Waals surface area contributed by atoms with Crippen LogP contribution in [0.1, 0.15) is 12.8 Å². The third-order valence-corrected chi connectivity index (χ3v) is 5.41. The van der Waals surface area contributed by atoms with E-state index >= 15 is 0 Å². The van der Waals surface area contributed by atoms with Gasteiger partial charge >= 0.3 is 0 Å². The molecule has 1 atom stereocenters. The fourth-order valence-corrected chi connectivity index (χ4v) is 4.20. The first-order valence-corrected chi connectivity index (χ1v) is 9.25. The second-order valence-electron chi connectivity index (χ2n) is 5.53. The predicted molar refractivity (Wildman–Crippen MR) is 86.2 cm³/mol. The minimum Gasteiger partial charge on any atom is -0.497 e. The molecule has 8 nitrogen and oxygen atoms in total. The summed E-state index contributed by atoms with van der Waals surface area (Å²) in [7, 11) is -1.46. The Labute approximate surface area is 140 Å². The zero-order valence-electron chi connectivity index (χ0n) is 13.3. The number of ether oxygens (including phenoxy) is 2. The number of rotatable bonds is 6. The summed E-state index contributed by atoms with van der Waals surface area (Å²) in [6, 6.07) is 6.71. The highest BCUT2D eigenvalue weighted by atomic mass is 32.2. The summed E-state index contributed by atoms with van der Waals surface area (Å²) < 4.78 is 32.9. The van der Waals surface area contributed by atoms with Crippen LogP contribution in [0.3, 0.4) is 0 Å². The molecule has 0 saturated carbocycles. The zero-order chi connectivity index (χ0) is 17.6. The van der Waals surface area contributed by atoms with Gasteiger partial charge in [-0.15, -0.1) is 0 Å². The second kappa shape index (κ2) is 8.00. The number of hydrogen-bond acceptors (Lipinski definition) is 6. The van der Waals surface area contributed by atoms with Crippen LogP contribution in [0.5, 0.6) is 11.5 Å². The molecule has 0 radical (unpaired) electrons. The Morgan fingerprint density at radius 1 is 1.12 bits per heavy atom. The third kappa shape index (κ3) is 5.73. The molecule has 1 aromatic carbocycles. The molecule has 1 heterocycles. The van der Waals surface area contributed by atoms with E-state index < -0.39 is 21.7 Å². The monoisotopic (exact) mass is 356 g/mol. The molecule has 132 valence electrons. The molecule has 0 unspecified atom stereocenters. The summed E-state index contributed by atoms with van der Waals surface area (Å²) in [5, 5.41) is 0. The zero-order valence-corrected chi connectivity index (χ0v) is 14.1. The van der Waals surface area contributed by atoms with Gasteiger partial charge in [-0.25, -0.2) is 8.42 Å². The van der Waals surface area contributed by atoms with Crippen molar-refractivity contribution in [2.24, 2.45) is 5.92 Å². The lowest BCUT2D eigenvalue weighted by Crippen LogP contribution is -2.44. The number of hydrogen-bond donors (Lipinski definition) is 2. The highest BCUT2D eigenvalue weighted by Crippen LogP contribution is 2.21. The second-order valence-corrected chi connectivity index (χ2v) is 7.76. The van der Waals surface area contributed by atoms with Crippen molar-refractivity contribution in [2.45, 2.75) is 12.8 Å². The van der Waals surface area contributed by atoms with Gasteiger partial charge in [0.15, 0.2) is 16.4 Å². The highest BCUT2D eigenvalue weighted by Gasteiger charge is 2.29. The average Bonchev–Trinajstić information content (AvgIpc) is 2.90. The van der Waals surface area contributed by atoms with Crippen LogP contribution in [0.25, 0.3) is 0 Å². The third-order valence-electron chi connectivity index (χ3n) is 3.57. The summed E-state index contributed by atoms with van der Waals surface area (Å²) in [5.74, 6) is 0.180. The Morgan fingerprint density at radius 2 is 1.75 bits per heavy atom. The van der Waals surface area contributed by atoms with E-state index in [2.05, 4.69) is 10.9 Å². The maximum absolute atomic E-state index is 11.7. The number of sulfone groups is 1. The van der Waals surface area contributed by atoms with Crippen molar-refractivity contribution in [3.05, 3.63) is 24.3 Å². The van der Waals surface area contributed by atoms with E-state index in [1.54, 1.807) is 31.4 Å². The Hall–Kier alpha value is -2.29. The molecule has 0 spiro atoms. The number of hydrazine groups is 1. The van der Waals surface area contributed by atoms with Crippen LogP contribution < -0.4 is 20.3 Å². The lowest BCUT2D eigenvalue weighted by molar-refractivity contribution is -0.130. The standard InChI is InChI=1S/C15H20N2O6S/c1-22-12-2-4-13(5-3-12)23-9-15(19)17-16-14(18)8-11-6-7-24(20,21)10-11/h2-5,11H,6-10H2,1H3,(H,16,18)(H,17,19)/t11-/m1/s1. The van der Waals surface area contributed by atoms with Crippen LogP contribution in [0.2, 0.25) is 0 Å². The maximum Gasteiger partial charge on any atom is 0.276 e. The van der Waals surface area contributed by atoms with Gasteiger partial charge in [-0.05, 0) is 36.6 Å². The first-order chi connectivity index (χ1) is 11.4. The summed E-state index contributed by atoms with van der Waals surface area (Å²) in [6.45, 7) is -0.260. The molecule has 0 aliphatic carbocycles. The molecular formula is C15H20N2O6S. The van der Waals surface area contributed by atoms with Crippen LogP contribution in [0.15, 0.2) is 24.3 Å². The van der Waals surface area contributed by atoms with Gasteiger partial charge in [0, 0.05) is 6.42 Å². The molecule has 1 aromatic rings. The lowest BCUT2D eigenvalue weighted by Gasteiger charge is -2.11. The topological polar surface area (TPSA) is 111 Å². The predicted octanol–water partition coefficient (Wildman–Crippen LogP) is 0.0462. The molecule has 1 fully saturated rings. The first-order valence-electron chi connectivity index (χ1n) is 7.43. The SMILES string of the molecule is COc1ccc(OCC(=O)NNC(=O)C[C@H]2CCS(=O)(=O)C2)cc1. The quantitative estimate of drug-likeness (QED) is 0.697. The van der Waals surface area contributed by atoms with Gasteiger partial charge in [-0.1, -0.05) is 0 Å². The van der Waals surface area contributed by atoms with Crippen molar-refractivity contribution in [3.63, 3.8) is 0 Å². The van der Waals surface area contributed by atoms with Gasteiger partial charge in [-0.3, -0.25) is 20.4 Å². The molecule has 1 aliphatic heterocycles. The smallest absolute Gasteiger partial charge is 0.276 e. The van der Waals surface area contributed by atoms with E-state index in [4.69, 9.17) is 9.47 Å². The molecule has 1 aliphatic rings. The van der Waals surface area contributed by atoms with Crippen LogP contribution in [-0.4, -0.2) is 45.5 Å². The number of methoxy groups -OCH3 is 1. The van der Waals surface area contributed by atoms with Crippen molar-refractivity contribution in [1.29, 1.82) is 0 Å². The molecule has 0 aromatic heterocycles. The molecule has 2 rings (SSSR count). The average molecular weight is 356 g/mol. The van der Waals surface area contributed by atoms with Gasteiger partial charge < -0.3 is 9.47 Å². The number of amides is 2. The maximum atomic E-state index is 11.7. The van der Waals surface area contributed by atoms with Gasteiger partial charge in [0.25, 0.3) is 5.91 Å². The van der Waals surface area contributed by atoms with E-state index in [9.17, 15) is 18.0 Å². The summed E-state index contributed by atoms with van der Waals surface area (Å²) >= 11 is 0. The molecule has 24 heavy (non-hydrogen) atoms. The summed E-state index contributed by atoms with van der Waals surface area (Å²) in [5.41, 5.74) is 4.49. The molecular weight excluding hydrogens is 336 g/mol. The van der Waals surface area contributed by atoms with Crippen molar-refractivity contribution < 1.29 is 27.5 Å². The Morgan fingerprint density at radius 3 is 2.33 bits per heavy atom. The first kappa shape index (κ1) is 18.1. The van der Waals surface area contributed by atoms with E-state index in [1.807, 2.05) is 0 Å².